The van der Waals surface area contributed by atoms with Gasteiger partial charge in [0.15, 0.2) is 34.9 Å². The Morgan fingerprint density at radius 2 is 0.917 bits per heavy atom. The van der Waals surface area contributed by atoms with E-state index in [4.69, 9.17) is 0 Å². The summed E-state index contributed by atoms with van der Waals surface area (Å²) < 4.78 is 83.7. The van der Waals surface area contributed by atoms with Crippen molar-refractivity contribution in [3.8, 4) is 0 Å². The van der Waals surface area contributed by atoms with Gasteiger partial charge in [0.2, 0.25) is 0 Å². The Bertz CT molecular complexity index is 1160. The minimum Gasteiger partial charge on any atom is -0.203 e. The van der Waals surface area contributed by atoms with Gasteiger partial charge in [0.05, 0.1) is 5.39 Å². The summed E-state index contributed by atoms with van der Waals surface area (Å²) in [4.78, 5) is 0. The molecule has 24 heavy (non-hydrogen) atoms. The van der Waals surface area contributed by atoms with Gasteiger partial charge in [-0.2, -0.15) is 0 Å². The highest BCUT2D eigenvalue weighted by atomic mass is 19.2. The predicted octanol–water partition coefficient (Wildman–Crippen LogP) is 5.98. The van der Waals surface area contributed by atoms with Crippen LogP contribution in [0.25, 0.3) is 32.3 Å². The highest BCUT2D eigenvalue weighted by Gasteiger charge is 2.27. The van der Waals surface area contributed by atoms with Gasteiger partial charge in [-0.1, -0.05) is 24.3 Å². The summed E-state index contributed by atoms with van der Waals surface area (Å²) in [5.74, 6) is -11.2. The molecular formula is C18H6F6. The van der Waals surface area contributed by atoms with E-state index in [1.807, 2.05) is 0 Å². The molecule has 4 aromatic carbocycles. The fraction of sp³-hybridized carbons (Fsp3) is 0. The number of hydrogen-bond acceptors (Lipinski definition) is 0. The van der Waals surface area contributed by atoms with Gasteiger partial charge in [0.1, 0.15) is 0 Å². The van der Waals surface area contributed by atoms with Crippen LogP contribution in [-0.4, -0.2) is 0 Å². The maximum absolute atomic E-state index is 14.3. The quantitative estimate of drug-likeness (QED) is 0.122. The highest BCUT2D eigenvalue weighted by Crippen LogP contribution is 2.38. The Balaban J connectivity index is 2.39. The normalized spacial score (nSPS) is 11.8. The van der Waals surface area contributed by atoms with Crippen molar-refractivity contribution in [2.75, 3.05) is 0 Å². The molecule has 0 nitrogen and oxygen atoms in total. The van der Waals surface area contributed by atoms with Gasteiger partial charge in [-0.3, -0.25) is 0 Å². The zero-order valence-electron chi connectivity index (χ0n) is 11.7. The van der Waals surface area contributed by atoms with Crippen molar-refractivity contribution in [2.45, 2.75) is 0 Å². The molecule has 6 heteroatoms. The lowest BCUT2D eigenvalue weighted by Gasteiger charge is -2.12. The Labute approximate surface area is 130 Å². The lowest BCUT2D eigenvalue weighted by molar-refractivity contribution is 0.415. The first-order chi connectivity index (χ1) is 11.4. The van der Waals surface area contributed by atoms with Crippen LogP contribution in [0.4, 0.5) is 26.3 Å². The monoisotopic (exact) mass is 336 g/mol. The van der Waals surface area contributed by atoms with E-state index in [0.29, 0.717) is 10.8 Å². The van der Waals surface area contributed by atoms with Crippen LogP contribution in [-0.2, 0) is 0 Å². The summed E-state index contributed by atoms with van der Waals surface area (Å²) in [7, 11) is 0. The molecule has 0 amide bonds. The van der Waals surface area contributed by atoms with Gasteiger partial charge in [0.25, 0.3) is 0 Å². The third-order valence-electron chi connectivity index (χ3n) is 4.07. The maximum atomic E-state index is 14.3. The minimum atomic E-state index is -2.18. The zero-order valence-corrected chi connectivity index (χ0v) is 11.7. The summed E-state index contributed by atoms with van der Waals surface area (Å²) in [5, 5.41) is -1.59. The Kier molecular flexibility index (Phi) is 3.00. The molecular weight excluding hydrogens is 330 g/mol. The van der Waals surface area contributed by atoms with E-state index in [9.17, 15) is 26.3 Å². The van der Waals surface area contributed by atoms with Gasteiger partial charge < -0.3 is 0 Å². The molecule has 0 fully saturated rings. The van der Waals surface area contributed by atoms with Crippen LogP contribution < -0.4 is 0 Å². The fourth-order valence-corrected chi connectivity index (χ4v) is 2.95. The van der Waals surface area contributed by atoms with E-state index in [2.05, 4.69) is 0 Å². The molecule has 0 aliphatic carbocycles. The number of benzene rings is 4. The molecule has 0 aliphatic heterocycles. The topological polar surface area (TPSA) is 0 Å². The average Bonchev–Trinajstić information content (AvgIpc) is 2.59. The molecule has 0 radical (unpaired) electrons. The fourth-order valence-electron chi connectivity index (χ4n) is 2.95. The molecule has 0 spiro atoms. The standard InChI is InChI=1S/C18H6F6/c19-13-10-6-8-4-2-1-3-7(8)5-9(10)11-12(15(13)21)16(22)18(24)17(23)14(11)20/h1-6H. The molecule has 0 unspecified atom stereocenters. The Morgan fingerprint density at radius 3 is 1.50 bits per heavy atom. The molecule has 0 heterocycles. The van der Waals surface area contributed by atoms with Crippen LogP contribution in [0.2, 0.25) is 0 Å². The van der Waals surface area contributed by atoms with Crippen molar-refractivity contribution in [1.29, 1.82) is 0 Å². The minimum absolute atomic E-state index is 0.238. The van der Waals surface area contributed by atoms with Crippen molar-refractivity contribution in [1.82, 2.24) is 0 Å². The van der Waals surface area contributed by atoms with Gasteiger partial charge in [-0.25, -0.2) is 26.3 Å². The van der Waals surface area contributed by atoms with E-state index in [0.717, 1.165) is 0 Å². The second-order valence-electron chi connectivity index (χ2n) is 5.38. The van der Waals surface area contributed by atoms with Gasteiger partial charge >= 0.3 is 0 Å². The average molecular weight is 336 g/mol. The first-order valence-electron chi connectivity index (χ1n) is 6.87. The van der Waals surface area contributed by atoms with Crippen LogP contribution in [0.3, 0.4) is 0 Å². The summed E-state index contributed by atoms with van der Waals surface area (Å²) in [5.41, 5.74) is 0. The van der Waals surface area contributed by atoms with Gasteiger partial charge in [-0.15, -0.1) is 0 Å². The van der Waals surface area contributed by atoms with E-state index in [1.165, 1.54) is 12.1 Å². The molecule has 0 aliphatic rings. The van der Waals surface area contributed by atoms with Crippen LogP contribution in [0.5, 0.6) is 0 Å². The molecule has 0 N–H and O–H groups in total. The van der Waals surface area contributed by atoms with Crippen molar-refractivity contribution in [2.24, 2.45) is 0 Å². The second-order valence-corrected chi connectivity index (χ2v) is 5.38. The van der Waals surface area contributed by atoms with Gasteiger partial charge in [-0.05, 0) is 28.3 Å². The van der Waals surface area contributed by atoms with E-state index in [-0.39, 0.29) is 10.8 Å². The summed E-state index contributed by atoms with van der Waals surface area (Å²) in [6.07, 6.45) is 0. The van der Waals surface area contributed by atoms with Crippen molar-refractivity contribution in [3.63, 3.8) is 0 Å². The van der Waals surface area contributed by atoms with Gasteiger partial charge in [0, 0.05) is 10.8 Å². The SMILES string of the molecule is Fc1c(F)c(F)c2c(c1F)c(F)c(F)c1cc3ccccc3cc12. The Hall–Kier alpha value is -2.76. The first kappa shape index (κ1) is 14.8. The molecule has 4 rings (SSSR count). The second kappa shape index (κ2) is 4.87. The molecule has 0 saturated heterocycles. The maximum Gasteiger partial charge on any atom is 0.198 e. The predicted molar refractivity (Wildman–Crippen MR) is 78.7 cm³/mol. The van der Waals surface area contributed by atoms with Crippen LogP contribution in [0.15, 0.2) is 36.4 Å². The molecule has 0 atom stereocenters. The zero-order chi connectivity index (χ0) is 17.2. The number of rotatable bonds is 0. The van der Waals surface area contributed by atoms with Crippen molar-refractivity contribution < 1.29 is 26.3 Å². The third-order valence-corrected chi connectivity index (χ3v) is 4.07. The van der Waals surface area contributed by atoms with E-state index >= 15 is 0 Å². The molecule has 0 bridgehead atoms. The van der Waals surface area contributed by atoms with E-state index < -0.39 is 45.7 Å². The molecule has 0 aromatic heterocycles. The molecule has 0 saturated carbocycles. The highest BCUT2D eigenvalue weighted by molar-refractivity contribution is 6.13. The number of fused-ring (bicyclic) bond motifs is 4. The van der Waals surface area contributed by atoms with Crippen molar-refractivity contribution >= 4 is 32.3 Å². The first-order valence-corrected chi connectivity index (χ1v) is 6.87. The van der Waals surface area contributed by atoms with Crippen molar-refractivity contribution in [3.05, 3.63) is 71.3 Å². The largest absolute Gasteiger partial charge is 0.203 e. The van der Waals surface area contributed by atoms with E-state index in [1.54, 1.807) is 24.3 Å². The summed E-state index contributed by atoms with van der Waals surface area (Å²) >= 11 is 0. The summed E-state index contributed by atoms with van der Waals surface area (Å²) in [6.45, 7) is 0. The smallest absolute Gasteiger partial charge is 0.198 e. The molecule has 120 valence electrons. The van der Waals surface area contributed by atoms with Crippen LogP contribution in [0.1, 0.15) is 0 Å². The Morgan fingerprint density at radius 1 is 0.458 bits per heavy atom. The lowest BCUT2D eigenvalue weighted by Crippen LogP contribution is -2.02. The number of hydrogen-bond donors (Lipinski definition) is 0. The number of halogens is 6. The molecule has 4 aromatic rings. The van der Waals surface area contributed by atoms with Crippen LogP contribution in [0, 0.1) is 34.9 Å². The van der Waals surface area contributed by atoms with Crippen LogP contribution >= 0.6 is 0 Å². The third kappa shape index (κ3) is 1.76. The lowest BCUT2D eigenvalue weighted by atomic mass is 9.96. The summed E-state index contributed by atoms with van der Waals surface area (Å²) in [6, 6.07) is 9.11.